The Kier molecular flexibility index (Phi) is 6.43. The molecule has 144 valence electrons. The molecule has 2 amide bonds. The largest absolute Gasteiger partial charge is 0.338 e. The van der Waals surface area contributed by atoms with Gasteiger partial charge in [0.25, 0.3) is 0 Å². The summed E-state index contributed by atoms with van der Waals surface area (Å²) in [6.45, 7) is 5.99. The smallest absolute Gasteiger partial charge is 0.317 e. The number of fused-ring (bicyclic) bond motifs is 1. The Hall–Kier alpha value is -2.00. The van der Waals surface area contributed by atoms with E-state index in [1.54, 1.807) is 4.90 Å². The number of urea groups is 1. The third kappa shape index (κ3) is 4.65. The zero-order valence-corrected chi connectivity index (χ0v) is 17.2. The predicted molar refractivity (Wildman–Crippen MR) is 113 cm³/mol. The van der Waals surface area contributed by atoms with Gasteiger partial charge in [0.2, 0.25) is 0 Å². The number of halogens is 1. The number of hydrogen-bond donors (Lipinski definition) is 1. The van der Waals surface area contributed by atoms with E-state index in [0.29, 0.717) is 24.3 Å². The summed E-state index contributed by atoms with van der Waals surface area (Å²) in [6, 6.07) is 16.5. The monoisotopic (exact) mass is 384 g/mol. The van der Waals surface area contributed by atoms with E-state index in [4.69, 9.17) is 11.6 Å². The third-order valence-electron chi connectivity index (χ3n) is 6.02. The maximum absolute atomic E-state index is 12.4. The van der Waals surface area contributed by atoms with Gasteiger partial charge in [-0.15, -0.1) is 0 Å². The highest BCUT2D eigenvalue weighted by molar-refractivity contribution is 6.30. The van der Waals surface area contributed by atoms with E-state index in [9.17, 15) is 4.79 Å². The summed E-state index contributed by atoms with van der Waals surface area (Å²) in [4.78, 5) is 14.2. The Balaban J connectivity index is 1.51. The van der Waals surface area contributed by atoms with Gasteiger partial charge in [-0.05, 0) is 59.4 Å². The number of carbonyl (C=O) groups excluding carboxylic acids is 1. The van der Waals surface area contributed by atoms with Gasteiger partial charge in [0.15, 0.2) is 0 Å². The van der Waals surface area contributed by atoms with Crippen LogP contribution in [0, 0.1) is 5.92 Å². The second kappa shape index (κ2) is 8.79. The van der Waals surface area contributed by atoms with E-state index in [1.165, 1.54) is 16.7 Å². The summed E-state index contributed by atoms with van der Waals surface area (Å²) < 4.78 is 0. The maximum atomic E-state index is 12.4. The van der Waals surface area contributed by atoms with E-state index < -0.39 is 0 Å². The molecule has 2 unspecified atom stereocenters. The number of hydrogen-bond acceptors (Lipinski definition) is 1. The highest BCUT2D eigenvalue weighted by Gasteiger charge is 2.35. The molecular formula is C23H29ClN2O. The Morgan fingerprint density at radius 1 is 1.11 bits per heavy atom. The van der Waals surface area contributed by atoms with Crippen LogP contribution in [0.15, 0.2) is 48.5 Å². The van der Waals surface area contributed by atoms with E-state index in [1.807, 2.05) is 31.3 Å². The van der Waals surface area contributed by atoms with Crippen molar-refractivity contribution in [2.75, 3.05) is 20.1 Å². The van der Waals surface area contributed by atoms with Gasteiger partial charge in [0.05, 0.1) is 0 Å². The van der Waals surface area contributed by atoms with Crippen LogP contribution in [0.5, 0.6) is 0 Å². The molecule has 0 saturated carbocycles. The van der Waals surface area contributed by atoms with E-state index >= 15 is 0 Å². The van der Waals surface area contributed by atoms with Crippen molar-refractivity contribution in [1.82, 2.24) is 10.2 Å². The van der Waals surface area contributed by atoms with Gasteiger partial charge in [-0.25, -0.2) is 4.79 Å². The Labute approximate surface area is 167 Å². The fourth-order valence-electron chi connectivity index (χ4n) is 4.14. The fraction of sp³-hybridized carbons (Fsp3) is 0.435. The summed E-state index contributed by atoms with van der Waals surface area (Å²) in [5.41, 5.74) is 4.01. The average Bonchev–Trinajstić information content (AvgIpc) is 2.90. The molecule has 1 aliphatic rings. The lowest BCUT2D eigenvalue weighted by atomic mass is 9.87. The number of carbonyl (C=O) groups is 1. The van der Waals surface area contributed by atoms with Crippen molar-refractivity contribution < 1.29 is 4.79 Å². The van der Waals surface area contributed by atoms with Crippen LogP contribution >= 0.6 is 11.6 Å². The minimum Gasteiger partial charge on any atom is -0.338 e. The molecule has 0 bridgehead atoms. The first kappa shape index (κ1) is 19.8. The number of benzene rings is 2. The highest BCUT2D eigenvalue weighted by Crippen LogP contribution is 2.48. The molecule has 0 heterocycles. The molecule has 0 spiro atoms. The Bertz CT molecular complexity index is 777. The zero-order valence-electron chi connectivity index (χ0n) is 16.4. The van der Waals surface area contributed by atoms with Crippen LogP contribution in [-0.4, -0.2) is 31.1 Å². The van der Waals surface area contributed by atoms with E-state index in [-0.39, 0.29) is 6.03 Å². The van der Waals surface area contributed by atoms with Gasteiger partial charge in [0, 0.05) is 25.2 Å². The first-order valence-corrected chi connectivity index (χ1v) is 10.2. The van der Waals surface area contributed by atoms with Crippen LogP contribution in [-0.2, 0) is 6.42 Å². The lowest BCUT2D eigenvalue weighted by Gasteiger charge is -2.23. The SMILES string of the molecule is CC1c2ccc(Cl)cc2C(CCN(C)C(=O)NCCc2ccccc2)[C@@H]1C. The summed E-state index contributed by atoms with van der Waals surface area (Å²) in [6.07, 6.45) is 1.81. The minimum absolute atomic E-state index is 0.00375. The van der Waals surface area contributed by atoms with Crippen LogP contribution in [0.25, 0.3) is 0 Å². The normalized spacial score (nSPS) is 21.0. The average molecular weight is 385 g/mol. The van der Waals surface area contributed by atoms with Gasteiger partial charge in [0.1, 0.15) is 0 Å². The van der Waals surface area contributed by atoms with Crippen LogP contribution < -0.4 is 5.32 Å². The van der Waals surface area contributed by atoms with Gasteiger partial charge in [-0.2, -0.15) is 0 Å². The molecule has 4 heteroatoms. The van der Waals surface area contributed by atoms with Crippen molar-refractivity contribution in [3.05, 3.63) is 70.2 Å². The molecule has 0 aromatic heterocycles. The first-order chi connectivity index (χ1) is 13.0. The zero-order chi connectivity index (χ0) is 19.4. The molecule has 3 rings (SSSR count). The molecule has 0 fully saturated rings. The van der Waals surface area contributed by atoms with Crippen molar-refractivity contribution in [1.29, 1.82) is 0 Å². The fourth-order valence-corrected chi connectivity index (χ4v) is 4.32. The van der Waals surface area contributed by atoms with Crippen molar-refractivity contribution in [2.45, 2.75) is 38.5 Å². The lowest BCUT2D eigenvalue weighted by Crippen LogP contribution is -2.39. The molecule has 0 saturated heterocycles. The number of rotatable bonds is 6. The van der Waals surface area contributed by atoms with Gasteiger partial charge in [-0.3, -0.25) is 0 Å². The van der Waals surface area contributed by atoms with E-state index in [0.717, 1.165) is 24.4 Å². The second-order valence-electron chi connectivity index (χ2n) is 7.71. The van der Waals surface area contributed by atoms with Crippen molar-refractivity contribution in [3.63, 3.8) is 0 Å². The number of amides is 2. The van der Waals surface area contributed by atoms with Gasteiger partial charge in [-0.1, -0.05) is 61.8 Å². The topological polar surface area (TPSA) is 32.3 Å². The molecule has 27 heavy (non-hydrogen) atoms. The quantitative estimate of drug-likeness (QED) is 0.705. The second-order valence-corrected chi connectivity index (χ2v) is 8.14. The summed E-state index contributed by atoms with van der Waals surface area (Å²) in [5.74, 6) is 1.55. The molecular weight excluding hydrogens is 356 g/mol. The highest BCUT2D eigenvalue weighted by atomic mass is 35.5. The molecule has 3 nitrogen and oxygen atoms in total. The van der Waals surface area contributed by atoms with Gasteiger partial charge < -0.3 is 10.2 Å². The van der Waals surface area contributed by atoms with Crippen molar-refractivity contribution in [3.8, 4) is 0 Å². The molecule has 0 aliphatic heterocycles. The first-order valence-electron chi connectivity index (χ1n) is 9.79. The molecule has 2 aromatic carbocycles. The van der Waals surface area contributed by atoms with Crippen molar-refractivity contribution in [2.24, 2.45) is 5.92 Å². The lowest BCUT2D eigenvalue weighted by molar-refractivity contribution is 0.206. The summed E-state index contributed by atoms with van der Waals surface area (Å²) in [5, 5.41) is 3.82. The van der Waals surface area contributed by atoms with Gasteiger partial charge >= 0.3 is 6.03 Å². The van der Waals surface area contributed by atoms with Crippen LogP contribution in [0.2, 0.25) is 5.02 Å². The van der Waals surface area contributed by atoms with Crippen LogP contribution in [0.4, 0.5) is 4.79 Å². The standard InChI is InChI=1S/C23H29ClN2O/c1-16-17(2)21(22-15-19(24)9-10-20(16)22)12-14-26(3)23(27)25-13-11-18-7-5-4-6-8-18/h4-10,15-17,21H,11-14H2,1-3H3,(H,25,27)/t16?,17-,21?/m1/s1. The van der Waals surface area contributed by atoms with Crippen molar-refractivity contribution >= 4 is 17.6 Å². The molecule has 1 N–H and O–H groups in total. The minimum atomic E-state index is -0.00375. The van der Waals surface area contributed by atoms with E-state index in [2.05, 4.69) is 43.4 Å². The molecule has 1 aliphatic carbocycles. The third-order valence-corrected chi connectivity index (χ3v) is 6.25. The van der Waals surface area contributed by atoms with Crippen LogP contribution in [0.3, 0.4) is 0 Å². The maximum Gasteiger partial charge on any atom is 0.317 e. The Morgan fingerprint density at radius 3 is 2.59 bits per heavy atom. The number of nitrogens with zero attached hydrogens (tertiary/aromatic N) is 1. The number of nitrogens with one attached hydrogen (secondary N) is 1. The predicted octanol–water partition coefficient (Wildman–Crippen LogP) is 5.45. The Morgan fingerprint density at radius 2 is 1.85 bits per heavy atom. The summed E-state index contributed by atoms with van der Waals surface area (Å²) >= 11 is 6.23. The molecule has 3 atom stereocenters. The van der Waals surface area contributed by atoms with Crippen LogP contribution in [0.1, 0.15) is 48.8 Å². The molecule has 0 radical (unpaired) electrons. The molecule has 2 aromatic rings. The summed E-state index contributed by atoms with van der Waals surface area (Å²) in [7, 11) is 1.87.